The third-order valence-corrected chi connectivity index (χ3v) is 4.26. The first-order valence-corrected chi connectivity index (χ1v) is 9.07. The number of benzene rings is 2. The molecule has 0 aliphatic rings. The molecule has 148 valence electrons. The van der Waals surface area contributed by atoms with Crippen molar-refractivity contribution < 1.29 is 18.4 Å². The zero-order valence-corrected chi connectivity index (χ0v) is 15.6. The molecule has 4 aromatic rings. The monoisotopic (exact) mass is 401 g/mol. The fraction of sp³-hybridized carbons (Fsp3) is 0. The lowest BCUT2D eigenvalue weighted by molar-refractivity contribution is 0.0995. The molecule has 7 heteroatoms. The fourth-order valence-electron chi connectivity index (χ4n) is 2.80. The molecule has 0 spiro atoms. The molecule has 2 amide bonds. The van der Waals surface area contributed by atoms with Gasteiger partial charge in [-0.05, 0) is 66.7 Å². The van der Waals surface area contributed by atoms with Crippen LogP contribution in [0.25, 0.3) is 11.3 Å². The maximum Gasteiger partial charge on any atom is 0.291 e. The Morgan fingerprint density at radius 1 is 0.833 bits per heavy atom. The van der Waals surface area contributed by atoms with Crippen molar-refractivity contribution in [3.63, 3.8) is 0 Å². The quantitative estimate of drug-likeness (QED) is 0.494. The molecule has 4 rings (SSSR count). The number of halogens is 1. The van der Waals surface area contributed by atoms with Crippen LogP contribution >= 0.6 is 0 Å². The Kier molecular flexibility index (Phi) is 5.34. The van der Waals surface area contributed by atoms with Crippen molar-refractivity contribution in [3.05, 3.63) is 102 Å². The fourth-order valence-corrected chi connectivity index (χ4v) is 2.80. The normalized spacial score (nSPS) is 10.4. The van der Waals surface area contributed by atoms with Crippen molar-refractivity contribution in [2.24, 2.45) is 0 Å². The van der Waals surface area contributed by atoms with E-state index >= 15 is 0 Å². The summed E-state index contributed by atoms with van der Waals surface area (Å²) < 4.78 is 18.6. The first kappa shape index (κ1) is 19.1. The van der Waals surface area contributed by atoms with Gasteiger partial charge in [0.2, 0.25) is 0 Å². The zero-order valence-electron chi connectivity index (χ0n) is 15.6. The minimum Gasteiger partial charge on any atom is -0.451 e. The van der Waals surface area contributed by atoms with Crippen LogP contribution < -0.4 is 10.6 Å². The van der Waals surface area contributed by atoms with Crippen LogP contribution in [0.5, 0.6) is 0 Å². The number of carbonyl (C=O) groups excluding carboxylic acids is 2. The standard InChI is InChI=1S/C23H16FN3O3/c24-17-8-6-15(7-9-17)20-10-11-21(30-20)23(29)27-19-5-1-4-18(13-19)26-22(28)16-3-2-12-25-14-16/h1-14H,(H,26,28)(H,27,29). The third-order valence-electron chi connectivity index (χ3n) is 4.26. The smallest absolute Gasteiger partial charge is 0.291 e. The number of amides is 2. The van der Waals surface area contributed by atoms with Crippen LogP contribution in [-0.4, -0.2) is 16.8 Å². The second kappa shape index (κ2) is 8.40. The highest BCUT2D eigenvalue weighted by Gasteiger charge is 2.13. The van der Waals surface area contributed by atoms with Crippen LogP contribution in [0.3, 0.4) is 0 Å². The molecule has 0 saturated carbocycles. The van der Waals surface area contributed by atoms with E-state index in [9.17, 15) is 14.0 Å². The van der Waals surface area contributed by atoms with E-state index in [1.54, 1.807) is 66.9 Å². The van der Waals surface area contributed by atoms with E-state index in [1.165, 1.54) is 18.3 Å². The Bertz CT molecular complexity index is 1190. The van der Waals surface area contributed by atoms with Gasteiger partial charge >= 0.3 is 0 Å². The van der Waals surface area contributed by atoms with Gasteiger partial charge in [0, 0.05) is 29.3 Å². The number of nitrogens with zero attached hydrogens (tertiary/aromatic N) is 1. The summed E-state index contributed by atoms with van der Waals surface area (Å²) in [6, 6.07) is 19.1. The molecular weight excluding hydrogens is 385 g/mol. The molecule has 0 aliphatic carbocycles. The Morgan fingerprint density at radius 2 is 1.57 bits per heavy atom. The molecule has 2 heterocycles. The molecule has 2 N–H and O–H groups in total. The number of carbonyl (C=O) groups is 2. The molecule has 0 fully saturated rings. The van der Waals surface area contributed by atoms with Crippen LogP contribution in [0.1, 0.15) is 20.9 Å². The van der Waals surface area contributed by atoms with E-state index in [4.69, 9.17) is 4.42 Å². The van der Waals surface area contributed by atoms with Crippen molar-refractivity contribution in [1.29, 1.82) is 0 Å². The highest BCUT2D eigenvalue weighted by molar-refractivity contribution is 6.05. The Morgan fingerprint density at radius 3 is 2.27 bits per heavy atom. The Hall–Kier alpha value is -4.26. The van der Waals surface area contributed by atoms with Gasteiger partial charge < -0.3 is 15.1 Å². The number of rotatable bonds is 5. The predicted octanol–water partition coefficient (Wildman–Crippen LogP) is 4.99. The Balaban J connectivity index is 1.44. The molecule has 0 radical (unpaired) electrons. The maximum absolute atomic E-state index is 13.1. The van der Waals surface area contributed by atoms with E-state index in [2.05, 4.69) is 15.6 Å². The molecule has 0 bridgehead atoms. The highest BCUT2D eigenvalue weighted by atomic mass is 19.1. The molecule has 0 aliphatic heterocycles. The summed E-state index contributed by atoms with van der Waals surface area (Å²) >= 11 is 0. The van der Waals surface area contributed by atoms with Crippen LogP contribution in [-0.2, 0) is 0 Å². The number of nitrogens with one attached hydrogen (secondary N) is 2. The van der Waals surface area contributed by atoms with E-state index in [0.717, 1.165) is 0 Å². The number of anilines is 2. The molecule has 0 unspecified atom stereocenters. The van der Waals surface area contributed by atoms with Gasteiger partial charge in [-0.2, -0.15) is 0 Å². The van der Waals surface area contributed by atoms with E-state index in [0.29, 0.717) is 28.3 Å². The summed E-state index contributed by atoms with van der Waals surface area (Å²) in [5.74, 6) is -0.531. The van der Waals surface area contributed by atoms with Crippen LogP contribution in [0.2, 0.25) is 0 Å². The van der Waals surface area contributed by atoms with Crippen molar-refractivity contribution in [2.45, 2.75) is 0 Å². The van der Waals surface area contributed by atoms with Gasteiger partial charge in [0.05, 0.1) is 5.56 Å². The summed E-state index contributed by atoms with van der Waals surface area (Å²) in [7, 11) is 0. The zero-order chi connectivity index (χ0) is 20.9. The van der Waals surface area contributed by atoms with Gasteiger partial charge in [-0.3, -0.25) is 14.6 Å². The summed E-state index contributed by atoms with van der Waals surface area (Å²) in [4.78, 5) is 28.7. The molecule has 0 saturated heterocycles. The van der Waals surface area contributed by atoms with Gasteiger partial charge in [0.15, 0.2) is 5.76 Å². The second-order valence-electron chi connectivity index (χ2n) is 6.40. The van der Waals surface area contributed by atoms with Crippen molar-refractivity contribution in [3.8, 4) is 11.3 Å². The van der Waals surface area contributed by atoms with Gasteiger partial charge in [-0.1, -0.05) is 6.07 Å². The van der Waals surface area contributed by atoms with Gasteiger partial charge in [-0.25, -0.2) is 4.39 Å². The van der Waals surface area contributed by atoms with Crippen LogP contribution in [0, 0.1) is 5.82 Å². The average molecular weight is 401 g/mol. The third kappa shape index (κ3) is 4.41. The molecular formula is C23H16FN3O3. The molecule has 0 atom stereocenters. The van der Waals surface area contributed by atoms with Crippen LogP contribution in [0.15, 0.2) is 89.6 Å². The van der Waals surface area contributed by atoms with Gasteiger partial charge in [0.1, 0.15) is 11.6 Å². The number of hydrogen-bond donors (Lipinski definition) is 2. The summed E-state index contributed by atoms with van der Waals surface area (Å²) in [5, 5.41) is 5.49. The first-order chi connectivity index (χ1) is 14.6. The summed E-state index contributed by atoms with van der Waals surface area (Å²) in [5.41, 5.74) is 2.10. The van der Waals surface area contributed by atoms with Crippen molar-refractivity contribution in [2.75, 3.05) is 10.6 Å². The van der Waals surface area contributed by atoms with Gasteiger partial charge in [0.25, 0.3) is 11.8 Å². The first-order valence-electron chi connectivity index (χ1n) is 9.07. The van der Waals surface area contributed by atoms with Gasteiger partial charge in [-0.15, -0.1) is 0 Å². The number of aromatic nitrogens is 1. The number of pyridine rings is 1. The SMILES string of the molecule is O=C(Nc1cccc(NC(=O)c2ccc(-c3ccc(F)cc3)o2)c1)c1cccnc1. The summed E-state index contributed by atoms with van der Waals surface area (Å²) in [6.45, 7) is 0. The summed E-state index contributed by atoms with van der Waals surface area (Å²) in [6.07, 6.45) is 3.06. The maximum atomic E-state index is 13.1. The molecule has 30 heavy (non-hydrogen) atoms. The molecule has 2 aromatic heterocycles. The van der Waals surface area contributed by atoms with Crippen LogP contribution in [0.4, 0.5) is 15.8 Å². The van der Waals surface area contributed by atoms with E-state index < -0.39 is 5.91 Å². The lowest BCUT2D eigenvalue weighted by Gasteiger charge is -2.08. The highest BCUT2D eigenvalue weighted by Crippen LogP contribution is 2.23. The minimum absolute atomic E-state index is 0.110. The molecule has 2 aromatic carbocycles. The molecule has 6 nitrogen and oxygen atoms in total. The predicted molar refractivity (Wildman–Crippen MR) is 111 cm³/mol. The second-order valence-corrected chi connectivity index (χ2v) is 6.40. The number of hydrogen-bond acceptors (Lipinski definition) is 4. The minimum atomic E-state index is -0.445. The number of furan rings is 1. The Labute approximate surface area is 171 Å². The lowest BCUT2D eigenvalue weighted by Crippen LogP contribution is -2.13. The van der Waals surface area contributed by atoms with Crippen molar-refractivity contribution in [1.82, 2.24) is 4.98 Å². The largest absolute Gasteiger partial charge is 0.451 e. The van der Waals surface area contributed by atoms with E-state index in [-0.39, 0.29) is 17.5 Å². The van der Waals surface area contributed by atoms with Crippen molar-refractivity contribution >= 4 is 23.2 Å². The topological polar surface area (TPSA) is 84.2 Å². The van der Waals surface area contributed by atoms with E-state index in [1.807, 2.05) is 0 Å². The lowest BCUT2D eigenvalue weighted by atomic mass is 10.2. The average Bonchev–Trinajstić information content (AvgIpc) is 3.26.